The molecule has 0 radical (unpaired) electrons. The highest BCUT2D eigenvalue weighted by atomic mass is 32.1. The summed E-state index contributed by atoms with van der Waals surface area (Å²) in [6.45, 7) is 5.67. The number of nitrogens with zero attached hydrogens (tertiary/aromatic N) is 5. The fourth-order valence-corrected chi connectivity index (χ4v) is 3.62. The van der Waals surface area contributed by atoms with E-state index < -0.39 is 0 Å². The van der Waals surface area contributed by atoms with Crippen LogP contribution in [0.25, 0.3) is 17.0 Å². The van der Waals surface area contributed by atoms with Crippen molar-refractivity contribution in [2.24, 2.45) is 5.92 Å². The highest BCUT2D eigenvalue weighted by Crippen LogP contribution is 2.25. The molecule has 0 amide bonds. The van der Waals surface area contributed by atoms with E-state index in [1.165, 1.54) is 0 Å². The standard InChI is InChI=1S/C16H19N5OS/c1-2-22-10-12-5-7-20(9-12)15-4-3-14-17-18-16(21(14)19-15)13-6-8-23-11-13/h3-4,6,8,11-12H,2,5,7,9-10H2,1H3. The van der Waals surface area contributed by atoms with E-state index in [0.717, 1.165) is 55.6 Å². The number of hydrogen-bond donors (Lipinski definition) is 0. The minimum Gasteiger partial charge on any atom is -0.381 e. The van der Waals surface area contributed by atoms with Crippen molar-refractivity contribution in [1.82, 2.24) is 19.8 Å². The van der Waals surface area contributed by atoms with Crippen molar-refractivity contribution in [1.29, 1.82) is 0 Å². The Labute approximate surface area is 138 Å². The molecular formula is C16H19N5OS. The van der Waals surface area contributed by atoms with E-state index in [0.29, 0.717) is 5.92 Å². The van der Waals surface area contributed by atoms with Crippen molar-refractivity contribution in [3.05, 3.63) is 29.0 Å². The van der Waals surface area contributed by atoms with Crippen LogP contribution in [0.3, 0.4) is 0 Å². The fourth-order valence-electron chi connectivity index (χ4n) is 2.98. The van der Waals surface area contributed by atoms with Crippen LogP contribution in [-0.2, 0) is 4.74 Å². The van der Waals surface area contributed by atoms with Gasteiger partial charge in [0.1, 0.15) is 5.82 Å². The lowest BCUT2D eigenvalue weighted by Gasteiger charge is -2.17. The molecule has 0 N–H and O–H groups in total. The van der Waals surface area contributed by atoms with Gasteiger partial charge in [0.25, 0.3) is 0 Å². The Balaban J connectivity index is 1.60. The summed E-state index contributed by atoms with van der Waals surface area (Å²) in [4.78, 5) is 2.32. The van der Waals surface area contributed by atoms with Crippen molar-refractivity contribution in [2.75, 3.05) is 31.2 Å². The maximum absolute atomic E-state index is 5.56. The molecule has 3 aromatic heterocycles. The third kappa shape index (κ3) is 2.82. The van der Waals surface area contributed by atoms with Gasteiger partial charge >= 0.3 is 0 Å². The largest absolute Gasteiger partial charge is 0.381 e. The lowest BCUT2D eigenvalue weighted by atomic mass is 10.1. The molecule has 1 aliphatic heterocycles. The number of aromatic nitrogens is 4. The number of ether oxygens (including phenoxy) is 1. The van der Waals surface area contributed by atoms with Gasteiger partial charge in [-0.25, -0.2) is 0 Å². The van der Waals surface area contributed by atoms with Crippen LogP contribution in [0.15, 0.2) is 29.0 Å². The summed E-state index contributed by atoms with van der Waals surface area (Å²) in [6, 6.07) is 6.06. The number of thiophene rings is 1. The maximum Gasteiger partial charge on any atom is 0.186 e. The molecular weight excluding hydrogens is 310 g/mol. The number of hydrogen-bond acceptors (Lipinski definition) is 6. The summed E-state index contributed by atoms with van der Waals surface area (Å²) in [5, 5.41) is 17.4. The van der Waals surface area contributed by atoms with E-state index in [1.807, 2.05) is 35.0 Å². The third-order valence-electron chi connectivity index (χ3n) is 4.20. The van der Waals surface area contributed by atoms with Gasteiger partial charge < -0.3 is 9.64 Å². The predicted molar refractivity (Wildman–Crippen MR) is 90.9 cm³/mol. The number of anilines is 1. The van der Waals surface area contributed by atoms with Crippen LogP contribution in [0, 0.1) is 5.92 Å². The van der Waals surface area contributed by atoms with Crippen LogP contribution in [0.5, 0.6) is 0 Å². The minimum absolute atomic E-state index is 0.588. The van der Waals surface area contributed by atoms with Gasteiger partial charge in [-0.05, 0) is 36.9 Å². The Bertz CT molecular complexity index is 785. The molecule has 1 saturated heterocycles. The highest BCUT2D eigenvalue weighted by molar-refractivity contribution is 7.08. The maximum atomic E-state index is 5.56. The third-order valence-corrected chi connectivity index (χ3v) is 4.88. The zero-order valence-electron chi connectivity index (χ0n) is 13.1. The predicted octanol–water partition coefficient (Wildman–Crippen LogP) is 2.72. The molecule has 0 bridgehead atoms. The van der Waals surface area contributed by atoms with E-state index in [1.54, 1.807) is 11.3 Å². The molecule has 0 spiro atoms. The molecule has 1 atom stereocenters. The van der Waals surface area contributed by atoms with E-state index in [9.17, 15) is 0 Å². The van der Waals surface area contributed by atoms with Gasteiger partial charge in [0.2, 0.25) is 0 Å². The molecule has 0 saturated carbocycles. The summed E-state index contributed by atoms with van der Waals surface area (Å²) in [6.07, 6.45) is 1.15. The Morgan fingerprint density at radius 3 is 3.09 bits per heavy atom. The van der Waals surface area contributed by atoms with Crippen molar-refractivity contribution in [2.45, 2.75) is 13.3 Å². The van der Waals surface area contributed by atoms with Crippen molar-refractivity contribution in [3.8, 4) is 11.4 Å². The Morgan fingerprint density at radius 2 is 2.26 bits per heavy atom. The minimum atomic E-state index is 0.588. The van der Waals surface area contributed by atoms with Crippen LogP contribution in [0.4, 0.5) is 5.82 Å². The lowest BCUT2D eigenvalue weighted by Crippen LogP contribution is -2.23. The molecule has 1 unspecified atom stereocenters. The molecule has 3 aromatic rings. The Kier molecular flexibility index (Phi) is 3.97. The van der Waals surface area contributed by atoms with Crippen LogP contribution in [0.2, 0.25) is 0 Å². The van der Waals surface area contributed by atoms with Gasteiger partial charge in [0, 0.05) is 36.6 Å². The molecule has 1 fully saturated rings. The van der Waals surface area contributed by atoms with Crippen molar-refractivity contribution >= 4 is 22.8 Å². The molecule has 0 aliphatic carbocycles. The highest BCUT2D eigenvalue weighted by Gasteiger charge is 2.24. The van der Waals surface area contributed by atoms with Gasteiger partial charge in [-0.3, -0.25) is 0 Å². The van der Waals surface area contributed by atoms with Gasteiger partial charge in [0.05, 0.1) is 6.61 Å². The Hall–Kier alpha value is -1.99. The van der Waals surface area contributed by atoms with E-state index in [-0.39, 0.29) is 0 Å². The number of fused-ring (bicyclic) bond motifs is 1. The van der Waals surface area contributed by atoms with Gasteiger partial charge in [-0.2, -0.15) is 15.9 Å². The first-order valence-electron chi connectivity index (χ1n) is 7.93. The van der Waals surface area contributed by atoms with Crippen LogP contribution < -0.4 is 4.90 Å². The molecule has 4 heterocycles. The first-order chi connectivity index (χ1) is 11.3. The zero-order chi connectivity index (χ0) is 15.6. The van der Waals surface area contributed by atoms with Crippen molar-refractivity contribution < 1.29 is 4.74 Å². The summed E-state index contributed by atoms with van der Waals surface area (Å²) in [7, 11) is 0. The first kappa shape index (κ1) is 14.6. The Morgan fingerprint density at radius 1 is 1.30 bits per heavy atom. The summed E-state index contributed by atoms with van der Waals surface area (Å²) >= 11 is 1.65. The second kappa shape index (κ2) is 6.25. The molecule has 1 aliphatic rings. The van der Waals surface area contributed by atoms with Crippen LogP contribution in [0.1, 0.15) is 13.3 Å². The molecule has 7 heteroatoms. The molecule has 4 rings (SSSR count). The molecule has 6 nitrogen and oxygen atoms in total. The molecule has 120 valence electrons. The fraction of sp³-hybridized carbons (Fsp3) is 0.438. The molecule has 0 aromatic carbocycles. The SMILES string of the molecule is CCOCC1CCN(c2ccc3nnc(-c4ccsc4)n3n2)C1. The van der Waals surface area contributed by atoms with Crippen LogP contribution >= 0.6 is 11.3 Å². The second-order valence-corrected chi connectivity index (χ2v) is 6.54. The zero-order valence-corrected chi connectivity index (χ0v) is 13.9. The van der Waals surface area contributed by atoms with Crippen molar-refractivity contribution in [3.63, 3.8) is 0 Å². The van der Waals surface area contributed by atoms with E-state index in [2.05, 4.69) is 20.5 Å². The van der Waals surface area contributed by atoms with Gasteiger partial charge in [-0.15, -0.1) is 15.3 Å². The summed E-state index contributed by atoms with van der Waals surface area (Å²) < 4.78 is 7.40. The second-order valence-electron chi connectivity index (χ2n) is 5.76. The first-order valence-corrected chi connectivity index (χ1v) is 8.87. The normalized spacial score (nSPS) is 18.1. The molecule has 23 heavy (non-hydrogen) atoms. The smallest absolute Gasteiger partial charge is 0.186 e. The number of rotatable bonds is 5. The lowest BCUT2D eigenvalue weighted by molar-refractivity contribution is 0.117. The van der Waals surface area contributed by atoms with E-state index >= 15 is 0 Å². The summed E-state index contributed by atoms with van der Waals surface area (Å²) in [5.41, 5.74) is 1.84. The average molecular weight is 329 g/mol. The summed E-state index contributed by atoms with van der Waals surface area (Å²) in [5.74, 6) is 2.37. The topological polar surface area (TPSA) is 55.5 Å². The van der Waals surface area contributed by atoms with E-state index in [4.69, 9.17) is 9.84 Å². The average Bonchev–Trinajstić information content (AvgIpc) is 3.31. The van der Waals surface area contributed by atoms with Crippen LogP contribution in [-0.4, -0.2) is 46.1 Å². The van der Waals surface area contributed by atoms with Gasteiger partial charge in [0.15, 0.2) is 11.5 Å². The quantitative estimate of drug-likeness (QED) is 0.720. The van der Waals surface area contributed by atoms with Gasteiger partial charge in [-0.1, -0.05) is 0 Å². The monoisotopic (exact) mass is 329 g/mol.